The lowest BCUT2D eigenvalue weighted by Crippen LogP contribution is -2.04. The van der Waals surface area contributed by atoms with Crippen LogP contribution in [0.3, 0.4) is 0 Å². The molecule has 1 aromatic heterocycles. The smallest absolute Gasteiger partial charge is 0.135 e. The first-order chi connectivity index (χ1) is 9.83. The van der Waals surface area contributed by atoms with Gasteiger partial charge in [0, 0.05) is 18.3 Å². The molecule has 0 amide bonds. The van der Waals surface area contributed by atoms with Gasteiger partial charge >= 0.3 is 0 Å². The Morgan fingerprint density at radius 3 is 2.80 bits per heavy atom. The number of aryl methyl sites for hydroxylation is 1. The maximum Gasteiger partial charge on any atom is 0.135 e. The molecular formula is C15H17N5. The van der Waals surface area contributed by atoms with Gasteiger partial charge < -0.3 is 10.6 Å². The fourth-order valence-electron chi connectivity index (χ4n) is 1.86. The Bertz CT molecular complexity index is 603. The van der Waals surface area contributed by atoms with E-state index in [2.05, 4.69) is 39.7 Å². The van der Waals surface area contributed by atoms with Gasteiger partial charge in [0.15, 0.2) is 0 Å². The third-order valence-corrected chi connectivity index (χ3v) is 2.87. The second-order valence-electron chi connectivity index (χ2n) is 4.26. The number of benzene rings is 1. The highest BCUT2D eigenvalue weighted by atomic mass is 15.1. The summed E-state index contributed by atoms with van der Waals surface area (Å²) in [6.45, 7) is 2.70. The van der Waals surface area contributed by atoms with Crippen LogP contribution in [-0.4, -0.2) is 16.5 Å². The molecule has 5 heteroatoms. The van der Waals surface area contributed by atoms with E-state index in [1.54, 1.807) is 0 Å². The molecule has 0 bridgehead atoms. The number of aromatic nitrogens is 2. The van der Waals surface area contributed by atoms with Crippen LogP contribution in [0, 0.1) is 11.3 Å². The van der Waals surface area contributed by atoms with Crippen molar-refractivity contribution in [2.24, 2.45) is 0 Å². The SMILES string of the molecule is CCc1ccccc1Nc1cc(NCCC#N)ncn1. The lowest BCUT2D eigenvalue weighted by Gasteiger charge is -2.11. The van der Waals surface area contributed by atoms with Gasteiger partial charge in [-0.3, -0.25) is 0 Å². The molecule has 0 saturated carbocycles. The minimum atomic E-state index is 0.450. The Labute approximate surface area is 118 Å². The van der Waals surface area contributed by atoms with E-state index in [-0.39, 0.29) is 0 Å². The predicted molar refractivity (Wildman–Crippen MR) is 79.9 cm³/mol. The van der Waals surface area contributed by atoms with Crippen molar-refractivity contribution in [1.82, 2.24) is 9.97 Å². The summed E-state index contributed by atoms with van der Waals surface area (Å²) in [5, 5.41) is 14.9. The molecule has 2 N–H and O–H groups in total. The highest BCUT2D eigenvalue weighted by Crippen LogP contribution is 2.20. The normalized spacial score (nSPS) is 9.80. The summed E-state index contributed by atoms with van der Waals surface area (Å²) in [4.78, 5) is 8.33. The largest absolute Gasteiger partial charge is 0.369 e. The van der Waals surface area contributed by atoms with Crippen LogP contribution in [0.2, 0.25) is 0 Å². The Morgan fingerprint density at radius 2 is 2.00 bits per heavy atom. The number of para-hydroxylation sites is 1. The first-order valence-electron chi connectivity index (χ1n) is 6.61. The second kappa shape index (κ2) is 7.10. The third kappa shape index (κ3) is 3.69. The Balaban J connectivity index is 2.09. The first-order valence-corrected chi connectivity index (χ1v) is 6.61. The van der Waals surface area contributed by atoms with Crippen LogP contribution in [0.15, 0.2) is 36.7 Å². The molecule has 0 fully saturated rings. The molecule has 0 aliphatic carbocycles. The van der Waals surface area contributed by atoms with E-state index in [9.17, 15) is 0 Å². The highest BCUT2D eigenvalue weighted by Gasteiger charge is 2.02. The zero-order valence-corrected chi connectivity index (χ0v) is 11.4. The Hall–Kier alpha value is -2.61. The van der Waals surface area contributed by atoms with Gasteiger partial charge in [0.05, 0.1) is 12.5 Å². The van der Waals surface area contributed by atoms with Gasteiger partial charge in [0.2, 0.25) is 0 Å². The van der Waals surface area contributed by atoms with E-state index >= 15 is 0 Å². The molecule has 0 spiro atoms. The molecule has 2 aromatic rings. The van der Waals surface area contributed by atoms with E-state index in [1.807, 2.05) is 24.3 Å². The predicted octanol–water partition coefficient (Wildman–Crippen LogP) is 3.11. The van der Waals surface area contributed by atoms with Gasteiger partial charge in [-0.2, -0.15) is 5.26 Å². The molecule has 5 nitrogen and oxygen atoms in total. The molecule has 0 atom stereocenters. The Kier molecular flexibility index (Phi) is 4.90. The molecule has 1 heterocycles. The van der Waals surface area contributed by atoms with Crippen molar-refractivity contribution < 1.29 is 0 Å². The van der Waals surface area contributed by atoms with Crippen molar-refractivity contribution in [3.63, 3.8) is 0 Å². The highest BCUT2D eigenvalue weighted by molar-refractivity contribution is 5.62. The molecule has 0 aliphatic rings. The first kappa shape index (κ1) is 13.8. The minimum Gasteiger partial charge on any atom is -0.369 e. The van der Waals surface area contributed by atoms with E-state index in [0.717, 1.165) is 17.9 Å². The second-order valence-corrected chi connectivity index (χ2v) is 4.26. The lowest BCUT2D eigenvalue weighted by molar-refractivity contribution is 1.04. The van der Waals surface area contributed by atoms with Crippen molar-refractivity contribution in [3.8, 4) is 6.07 Å². The number of nitrogens with one attached hydrogen (secondary N) is 2. The summed E-state index contributed by atoms with van der Waals surface area (Å²) in [7, 11) is 0. The van der Waals surface area contributed by atoms with Crippen LogP contribution in [0.1, 0.15) is 18.9 Å². The minimum absolute atomic E-state index is 0.450. The number of nitrogens with zero attached hydrogens (tertiary/aromatic N) is 3. The van der Waals surface area contributed by atoms with E-state index in [4.69, 9.17) is 5.26 Å². The molecule has 2 rings (SSSR count). The lowest BCUT2D eigenvalue weighted by atomic mass is 10.1. The van der Waals surface area contributed by atoms with E-state index < -0.39 is 0 Å². The van der Waals surface area contributed by atoms with E-state index in [1.165, 1.54) is 11.9 Å². The summed E-state index contributed by atoms with van der Waals surface area (Å²) in [5.41, 5.74) is 2.29. The van der Waals surface area contributed by atoms with Crippen molar-refractivity contribution in [2.75, 3.05) is 17.2 Å². The number of hydrogen-bond donors (Lipinski definition) is 2. The van der Waals surface area contributed by atoms with Crippen molar-refractivity contribution in [1.29, 1.82) is 5.26 Å². The summed E-state index contributed by atoms with van der Waals surface area (Å²) in [5.74, 6) is 1.45. The molecule has 1 aromatic carbocycles. The molecule has 102 valence electrons. The zero-order chi connectivity index (χ0) is 14.2. The fourth-order valence-corrected chi connectivity index (χ4v) is 1.86. The number of rotatable bonds is 6. The van der Waals surface area contributed by atoms with Crippen LogP contribution in [0.5, 0.6) is 0 Å². The third-order valence-electron chi connectivity index (χ3n) is 2.87. The number of anilines is 3. The monoisotopic (exact) mass is 267 g/mol. The van der Waals surface area contributed by atoms with Gasteiger partial charge in [-0.25, -0.2) is 9.97 Å². The van der Waals surface area contributed by atoms with E-state index in [0.29, 0.717) is 18.8 Å². The van der Waals surface area contributed by atoms with Crippen LogP contribution >= 0.6 is 0 Å². The standard InChI is InChI=1S/C15H17N5/c1-2-12-6-3-4-7-13(12)20-15-10-14(18-11-19-15)17-9-5-8-16/h3-4,6-7,10-11H,2,5,9H2,1H3,(H2,17,18,19,20). The molecule has 0 radical (unpaired) electrons. The van der Waals surface area contributed by atoms with Gasteiger partial charge in [0.25, 0.3) is 0 Å². The molecule has 20 heavy (non-hydrogen) atoms. The van der Waals surface area contributed by atoms with Crippen LogP contribution in [-0.2, 0) is 6.42 Å². The van der Waals surface area contributed by atoms with Gasteiger partial charge in [-0.15, -0.1) is 0 Å². The summed E-state index contributed by atoms with van der Waals surface area (Å²) in [6.07, 6.45) is 2.92. The van der Waals surface area contributed by atoms with Gasteiger partial charge in [-0.05, 0) is 18.1 Å². The molecule has 0 saturated heterocycles. The van der Waals surface area contributed by atoms with Crippen LogP contribution < -0.4 is 10.6 Å². The molecule has 0 aliphatic heterocycles. The maximum absolute atomic E-state index is 8.52. The summed E-state index contributed by atoms with van der Waals surface area (Å²) in [6, 6.07) is 12.1. The zero-order valence-electron chi connectivity index (χ0n) is 11.4. The summed E-state index contributed by atoms with van der Waals surface area (Å²) < 4.78 is 0. The number of hydrogen-bond acceptors (Lipinski definition) is 5. The van der Waals surface area contributed by atoms with Gasteiger partial charge in [0.1, 0.15) is 18.0 Å². The average molecular weight is 267 g/mol. The van der Waals surface area contributed by atoms with Crippen LogP contribution in [0.4, 0.5) is 17.3 Å². The maximum atomic E-state index is 8.52. The van der Waals surface area contributed by atoms with Gasteiger partial charge in [-0.1, -0.05) is 25.1 Å². The Morgan fingerprint density at radius 1 is 1.20 bits per heavy atom. The molecular weight excluding hydrogens is 250 g/mol. The topological polar surface area (TPSA) is 73.6 Å². The van der Waals surface area contributed by atoms with Crippen molar-refractivity contribution >= 4 is 17.3 Å². The molecule has 0 unspecified atom stereocenters. The fraction of sp³-hybridized carbons (Fsp3) is 0.267. The van der Waals surface area contributed by atoms with Crippen molar-refractivity contribution in [2.45, 2.75) is 19.8 Å². The summed E-state index contributed by atoms with van der Waals surface area (Å²) >= 11 is 0. The quantitative estimate of drug-likeness (QED) is 0.787. The number of nitriles is 1. The average Bonchev–Trinajstić information content (AvgIpc) is 2.48. The van der Waals surface area contributed by atoms with Crippen LogP contribution in [0.25, 0.3) is 0 Å². The van der Waals surface area contributed by atoms with Crippen molar-refractivity contribution in [3.05, 3.63) is 42.2 Å².